The number of hydrogen-bond acceptors (Lipinski definition) is 4. The van der Waals surface area contributed by atoms with Crippen molar-refractivity contribution in [1.29, 1.82) is 0 Å². The van der Waals surface area contributed by atoms with Gasteiger partial charge in [-0.25, -0.2) is 0 Å². The molecule has 1 aliphatic carbocycles. The first-order chi connectivity index (χ1) is 8.29. The van der Waals surface area contributed by atoms with Crippen molar-refractivity contribution < 1.29 is 4.79 Å². The summed E-state index contributed by atoms with van der Waals surface area (Å²) in [7, 11) is 0. The van der Waals surface area contributed by atoms with Gasteiger partial charge in [-0.1, -0.05) is 11.6 Å². The van der Waals surface area contributed by atoms with Gasteiger partial charge in [-0.05, 0) is 37.1 Å². The Balaban J connectivity index is 1.91. The van der Waals surface area contributed by atoms with Gasteiger partial charge >= 0.3 is 0 Å². The number of nitrogens with one attached hydrogen (secondary N) is 1. The minimum atomic E-state index is -0.326. The highest BCUT2D eigenvalue weighted by molar-refractivity contribution is 6.30. The number of carbonyl (C=O) groups is 1. The molecule has 0 spiro atoms. The van der Waals surface area contributed by atoms with Gasteiger partial charge < -0.3 is 4.90 Å². The first-order valence-corrected chi connectivity index (χ1v) is 6.00. The van der Waals surface area contributed by atoms with E-state index in [1.165, 1.54) is 0 Å². The topological polar surface area (TPSA) is 44.7 Å². The van der Waals surface area contributed by atoms with E-state index in [0.717, 1.165) is 30.5 Å². The normalized spacial score (nSPS) is 23.2. The maximum absolute atomic E-state index is 11.0. The fraction of sp³-hybridized carbons (Fsp3) is 0.333. The lowest BCUT2D eigenvalue weighted by Gasteiger charge is -2.23. The van der Waals surface area contributed by atoms with Gasteiger partial charge in [0.05, 0.1) is 0 Å². The molecule has 1 N–H and O–H groups in total. The number of rotatable bonds is 3. The van der Waals surface area contributed by atoms with Gasteiger partial charge in [0.25, 0.3) is 0 Å². The molecule has 1 atom stereocenters. The second kappa shape index (κ2) is 4.04. The van der Waals surface area contributed by atoms with E-state index >= 15 is 0 Å². The van der Waals surface area contributed by atoms with Crippen molar-refractivity contribution in [1.82, 2.24) is 10.3 Å². The number of nitrogens with zero attached hydrogens (tertiary/aromatic N) is 2. The molecular formula is C12H12ClN3O. The average molecular weight is 250 g/mol. The number of hydrogen-bond donors (Lipinski definition) is 1. The fourth-order valence-electron chi connectivity index (χ4n) is 2.04. The highest BCUT2D eigenvalue weighted by Crippen LogP contribution is 2.31. The van der Waals surface area contributed by atoms with Crippen LogP contribution in [0.1, 0.15) is 18.4 Å². The predicted octanol–water partition coefficient (Wildman–Crippen LogP) is 1.59. The Morgan fingerprint density at radius 3 is 2.65 bits per heavy atom. The molecule has 0 radical (unpaired) electrons. The lowest BCUT2D eigenvalue weighted by atomic mass is 10.2. The zero-order valence-corrected chi connectivity index (χ0v) is 9.89. The first kappa shape index (κ1) is 10.6. The molecule has 1 saturated carbocycles. The number of hydrazone groups is 1. The van der Waals surface area contributed by atoms with Gasteiger partial charge in [-0.3, -0.25) is 10.2 Å². The van der Waals surface area contributed by atoms with Crippen molar-refractivity contribution in [3.8, 4) is 0 Å². The van der Waals surface area contributed by atoms with E-state index in [1.807, 2.05) is 24.3 Å². The van der Waals surface area contributed by atoms with Crippen LogP contribution in [0.25, 0.3) is 0 Å². The van der Waals surface area contributed by atoms with Crippen molar-refractivity contribution >= 4 is 23.7 Å². The molecule has 0 amide bonds. The molecule has 1 aromatic carbocycles. The summed E-state index contributed by atoms with van der Waals surface area (Å²) in [6.07, 6.45) is 2.82. The van der Waals surface area contributed by atoms with E-state index in [4.69, 9.17) is 11.6 Å². The van der Waals surface area contributed by atoms with Crippen molar-refractivity contribution in [3.05, 3.63) is 34.9 Å². The Labute approximate surface area is 104 Å². The van der Waals surface area contributed by atoms with E-state index in [2.05, 4.69) is 15.4 Å². The fourth-order valence-corrected chi connectivity index (χ4v) is 2.17. The molecule has 88 valence electrons. The Morgan fingerprint density at radius 1 is 1.35 bits per heavy atom. The van der Waals surface area contributed by atoms with Crippen LogP contribution >= 0.6 is 11.6 Å². The maximum Gasteiger partial charge on any atom is 0.173 e. The molecule has 2 aliphatic rings. The summed E-state index contributed by atoms with van der Waals surface area (Å²) in [5.41, 5.74) is 3.84. The van der Waals surface area contributed by atoms with Crippen LogP contribution < -0.4 is 5.43 Å². The van der Waals surface area contributed by atoms with Crippen LogP contribution in [0.5, 0.6) is 0 Å². The molecule has 1 aliphatic heterocycles. The van der Waals surface area contributed by atoms with Gasteiger partial charge in [0, 0.05) is 16.6 Å². The van der Waals surface area contributed by atoms with E-state index < -0.39 is 0 Å². The van der Waals surface area contributed by atoms with Crippen molar-refractivity contribution in [2.45, 2.75) is 25.0 Å². The summed E-state index contributed by atoms with van der Waals surface area (Å²) in [5, 5.41) is 4.95. The summed E-state index contributed by atoms with van der Waals surface area (Å²) < 4.78 is 0. The van der Waals surface area contributed by atoms with E-state index in [1.54, 1.807) is 0 Å². The lowest BCUT2D eigenvalue weighted by molar-refractivity contribution is -0.111. The van der Waals surface area contributed by atoms with Gasteiger partial charge in [-0.15, -0.1) is 0 Å². The first-order valence-electron chi connectivity index (χ1n) is 5.62. The van der Waals surface area contributed by atoms with Crippen LogP contribution in [0.3, 0.4) is 0 Å². The molecule has 1 aromatic rings. The van der Waals surface area contributed by atoms with Gasteiger partial charge in [0.1, 0.15) is 0 Å². The summed E-state index contributed by atoms with van der Waals surface area (Å²) >= 11 is 5.86. The molecule has 0 bridgehead atoms. The molecule has 4 nitrogen and oxygen atoms in total. The second-order valence-electron chi connectivity index (χ2n) is 4.29. The molecule has 0 saturated heterocycles. The van der Waals surface area contributed by atoms with Gasteiger partial charge in [0.2, 0.25) is 0 Å². The third-order valence-electron chi connectivity index (χ3n) is 3.02. The lowest BCUT2D eigenvalue weighted by Crippen LogP contribution is -2.43. The van der Waals surface area contributed by atoms with Gasteiger partial charge in [0.15, 0.2) is 18.3 Å². The van der Waals surface area contributed by atoms with Crippen molar-refractivity contribution in [2.24, 2.45) is 5.10 Å². The molecule has 5 heteroatoms. The monoisotopic (exact) mass is 249 g/mol. The van der Waals surface area contributed by atoms with Crippen molar-refractivity contribution in [2.75, 3.05) is 0 Å². The predicted molar refractivity (Wildman–Crippen MR) is 65.8 cm³/mol. The highest BCUT2D eigenvalue weighted by Gasteiger charge is 2.39. The molecule has 1 fully saturated rings. The summed E-state index contributed by atoms with van der Waals surface area (Å²) in [6, 6.07) is 7.95. The zero-order chi connectivity index (χ0) is 11.8. The molecule has 1 heterocycles. The zero-order valence-electron chi connectivity index (χ0n) is 9.14. The third kappa shape index (κ3) is 1.89. The Morgan fingerprint density at radius 2 is 2.06 bits per heavy atom. The maximum atomic E-state index is 11.0. The molecule has 3 rings (SSSR count). The smallest absolute Gasteiger partial charge is 0.173 e. The van der Waals surface area contributed by atoms with E-state index in [-0.39, 0.29) is 6.17 Å². The number of amidine groups is 1. The van der Waals surface area contributed by atoms with Gasteiger partial charge in [-0.2, -0.15) is 5.10 Å². The minimum Gasteiger partial charge on any atom is -0.324 e. The minimum absolute atomic E-state index is 0.326. The summed E-state index contributed by atoms with van der Waals surface area (Å²) in [6.45, 7) is 0. The Kier molecular flexibility index (Phi) is 2.52. The SMILES string of the molecule is O=CC1NN=C(c2ccc(Cl)cc2)N1C1CC1. The van der Waals surface area contributed by atoms with Crippen LogP contribution in [-0.4, -0.2) is 29.2 Å². The Bertz CT molecular complexity index is 467. The van der Waals surface area contributed by atoms with E-state index in [9.17, 15) is 4.79 Å². The molecule has 0 aromatic heterocycles. The highest BCUT2D eigenvalue weighted by atomic mass is 35.5. The number of aldehydes is 1. The average Bonchev–Trinajstić information content (AvgIpc) is 3.10. The third-order valence-corrected chi connectivity index (χ3v) is 3.27. The quantitative estimate of drug-likeness (QED) is 0.828. The van der Waals surface area contributed by atoms with Crippen LogP contribution in [0.15, 0.2) is 29.4 Å². The standard InChI is InChI=1S/C12H12ClN3O/c13-9-3-1-8(2-4-9)12-15-14-11(7-17)16(12)10-5-6-10/h1-4,7,10-11,14H,5-6H2. The second-order valence-corrected chi connectivity index (χ2v) is 4.73. The van der Waals surface area contributed by atoms with Crippen molar-refractivity contribution in [3.63, 3.8) is 0 Å². The van der Waals surface area contributed by atoms with Crippen LogP contribution in [-0.2, 0) is 4.79 Å². The number of halogens is 1. The summed E-state index contributed by atoms with van der Waals surface area (Å²) in [5.74, 6) is 0.835. The summed E-state index contributed by atoms with van der Waals surface area (Å²) in [4.78, 5) is 13.0. The van der Waals surface area contributed by atoms with Crippen LogP contribution in [0, 0.1) is 0 Å². The number of benzene rings is 1. The van der Waals surface area contributed by atoms with Crippen LogP contribution in [0.2, 0.25) is 5.02 Å². The van der Waals surface area contributed by atoms with E-state index in [0.29, 0.717) is 11.1 Å². The largest absolute Gasteiger partial charge is 0.324 e. The molecule has 1 unspecified atom stereocenters. The molecular weight excluding hydrogens is 238 g/mol. The van der Waals surface area contributed by atoms with Crippen LogP contribution in [0.4, 0.5) is 0 Å². The Hall–Kier alpha value is -1.55. The number of carbonyl (C=O) groups excluding carboxylic acids is 1. The molecule has 17 heavy (non-hydrogen) atoms.